The highest BCUT2D eigenvalue weighted by Gasteiger charge is 2.21. The molecule has 0 amide bonds. The summed E-state index contributed by atoms with van der Waals surface area (Å²) in [4.78, 5) is 4.74. The molecule has 0 spiro atoms. The van der Waals surface area contributed by atoms with Gasteiger partial charge in [0.2, 0.25) is 0 Å². The van der Waals surface area contributed by atoms with E-state index in [2.05, 4.69) is 34.7 Å². The molecule has 8 heteroatoms. The van der Waals surface area contributed by atoms with Gasteiger partial charge in [0.1, 0.15) is 17.4 Å². The van der Waals surface area contributed by atoms with Crippen molar-refractivity contribution < 1.29 is 9.13 Å². The molecule has 2 N–H and O–H groups in total. The first-order chi connectivity index (χ1) is 15.3. The number of benzene rings is 2. The number of aryl methyl sites for hydroxylation is 1. The highest BCUT2D eigenvalue weighted by Crippen LogP contribution is 2.22. The van der Waals surface area contributed by atoms with Crippen LogP contribution in [-0.2, 0) is 25.6 Å². The van der Waals surface area contributed by atoms with Gasteiger partial charge in [-0.3, -0.25) is 0 Å². The van der Waals surface area contributed by atoms with Gasteiger partial charge in [-0.15, -0.1) is 10.2 Å². The highest BCUT2D eigenvalue weighted by molar-refractivity contribution is 5.79. The molecule has 7 nitrogen and oxygen atoms in total. The fourth-order valence-corrected chi connectivity index (χ4v) is 3.16. The molecule has 0 atom stereocenters. The third-order valence-electron chi connectivity index (χ3n) is 5.48. The fraction of sp³-hybridized carbons (Fsp3) is 0.375. The molecule has 2 aromatic carbocycles. The smallest absolute Gasteiger partial charge is 0.192 e. The van der Waals surface area contributed by atoms with Crippen molar-refractivity contribution in [3.63, 3.8) is 0 Å². The van der Waals surface area contributed by atoms with E-state index >= 15 is 0 Å². The van der Waals surface area contributed by atoms with Crippen LogP contribution >= 0.6 is 0 Å². The van der Waals surface area contributed by atoms with Crippen molar-refractivity contribution in [3.05, 3.63) is 77.1 Å². The molecule has 0 saturated carbocycles. The van der Waals surface area contributed by atoms with Gasteiger partial charge in [-0.1, -0.05) is 38.1 Å². The second kappa shape index (κ2) is 10.3. The molecule has 0 aliphatic rings. The number of rotatable bonds is 8. The van der Waals surface area contributed by atoms with Crippen molar-refractivity contribution in [2.24, 2.45) is 12.0 Å². The van der Waals surface area contributed by atoms with Crippen LogP contribution in [0, 0.1) is 12.7 Å². The summed E-state index contributed by atoms with van der Waals surface area (Å²) in [6.45, 7) is 7.60. The summed E-state index contributed by atoms with van der Waals surface area (Å²) >= 11 is 0. The van der Waals surface area contributed by atoms with Crippen molar-refractivity contribution in [2.45, 2.75) is 39.3 Å². The molecule has 1 aromatic heterocycles. The number of ether oxygens (including phenoxy) is 1. The van der Waals surface area contributed by atoms with Gasteiger partial charge in [-0.2, -0.15) is 0 Å². The number of nitrogens with zero attached hydrogens (tertiary/aromatic N) is 4. The summed E-state index contributed by atoms with van der Waals surface area (Å²) in [7, 11) is 3.58. The summed E-state index contributed by atoms with van der Waals surface area (Å²) in [6.07, 6.45) is 0. The molecule has 3 aromatic rings. The number of nitrogens with one attached hydrogen (secondary N) is 2. The number of hydrogen-bond acceptors (Lipinski definition) is 4. The number of halogens is 1. The summed E-state index contributed by atoms with van der Waals surface area (Å²) in [5.41, 5.74) is 1.68. The van der Waals surface area contributed by atoms with Crippen molar-refractivity contribution in [1.29, 1.82) is 0 Å². The van der Waals surface area contributed by atoms with Crippen LogP contribution in [0.1, 0.15) is 36.6 Å². The summed E-state index contributed by atoms with van der Waals surface area (Å²) in [5.74, 6) is 2.87. The zero-order valence-corrected chi connectivity index (χ0v) is 19.3. The van der Waals surface area contributed by atoms with Crippen LogP contribution in [0.4, 0.5) is 4.39 Å². The van der Waals surface area contributed by atoms with Gasteiger partial charge < -0.3 is 19.9 Å². The normalized spacial score (nSPS) is 12.0. The van der Waals surface area contributed by atoms with Gasteiger partial charge >= 0.3 is 0 Å². The van der Waals surface area contributed by atoms with E-state index in [1.54, 1.807) is 19.2 Å². The molecule has 0 bridgehead atoms. The predicted molar refractivity (Wildman–Crippen MR) is 124 cm³/mol. The predicted octanol–water partition coefficient (Wildman–Crippen LogP) is 3.48. The Morgan fingerprint density at radius 3 is 2.50 bits per heavy atom. The molecule has 0 unspecified atom stereocenters. The largest absolute Gasteiger partial charge is 0.497 e. The Hall–Kier alpha value is -3.42. The second-order valence-electron chi connectivity index (χ2n) is 8.34. The Bertz CT molecular complexity index is 1060. The van der Waals surface area contributed by atoms with Crippen molar-refractivity contribution in [2.75, 3.05) is 13.7 Å². The van der Waals surface area contributed by atoms with Crippen molar-refractivity contribution in [3.8, 4) is 5.75 Å². The zero-order valence-electron chi connectivity index (χ0n) is 19.3. The van der Waals surface area contributed by atoms with Gasteiger partial charge in [0.15, 0.2) is 11.8 Å². The number of guanidine groups is 1. The molecule has 0 radical (unpaired) electrons. The first kappa shape index (κ1) is 23.2. The van der Waals surface area contributed by atoms with Gasteiger partial charge in [0.05, 0.1) is 20.2 Å². The number of aliphatic imine (C=N–C) groups is 1. The minimum Gasteiger partial charge on any atom is -0.497 e. The molecule has 0 aliphatic heterocycles. The van der Waals surface area contributed by atoms with Crippen molar-refractivity contribution in [1.82, 2.24) is 25.4 Å². The lowest BCUT2D eigenvalue weighted by atomic mass is 9.84. The monoisotopic (exact) mass is 438 g/mol. The SMILES string of the molecule is COc1ccc(CN=C(NCc2nnc(C)n2C)NCC(C)(C)c2cccc(F)c2)cc1. The first-order valence-electron chi connectivity index (χ1n) is 10.5. The molecule has 32 heavy (non-hydrogen) atoms. The maximum Gasteiger partial charge on any atom is 0.192 e. The van der Waals surface area contributed by atoms with Crippen LogP contribution in [0.15, 0.2) is 53.5 Å². The van der Waals surface area contributed by atoms with E-state index in [4.69, 9.17) is 9.73 Å². The average Bonchev–Trinajstić information content (AvgIpc) is 3.11. The van der Waals surface area contributed by atoms with Gasteiger partial charge in [-0.25, -0.2) is 9.38 Å². The molecule has 1 heterocycles. The standard InChI is InChI=1S/C24H31FN6O/c1-17-29-30-22(31(17)4)15-27-23(26-14-18-9-11-21(32-5)12-10-18)28-16-24(2,3)19-7-6-8-20(25)13-19/h6-13H,14-16H2,1-5H3,(H2,26,27,28). The number of aromatic nitrogens is 3. The van der Waals surface area contributed by atoms with Crippen LogP contribution < -0.4 is 15.4 Å². The summed E-state index contributed by atoms with van der Waals surface area (Å²) in [6, 6.07) is 14.5. The third kappa shape index (κ3) is 6.06. The summed E-state index contributed by atoms with van der Waals surface area (Å²) < 4.78 is 20.9. The molecule has 0 saturated heterocycles. The molecular weight excluding hydrogens is 407 g/mol. The highest BCUT2D eigenvalue weighted by atomic mass is 19.1. The lowest BCUT2D eigenvalue weighted by Gasteiger charge is -2.27. The maximum atomic E-state index is 13.7. The number of hydrogen-bond donors (Lipinski definition) is 2. The Kier molecular flexibility index (Phi) is 7.45. The first-order valence-corrected chi connectivity index (χ1v) is 10.5. The minimum absolute atomic E-state index is 0.236. The third-order valence-corrected chi connectivity index (χ3v) is 5.48. The lowest BCUT2D eigenvalue weighted by molar-refractivity contribution is 0.414. The van der Waals surface area contributed by atoms with Crippen LogP contribution in [0.25, 0.3) is 0 Å². The molecule has 0 fully saturated rings. The van der Waals surface area contributed by atoms with E-state index in [1.807, 2.05) is 48.9 Å². The molecule has 170 valence electrons. The van der Waals surface area contributed by atoms with Crippen LogP contribution in [0.3, 0.4) is 0 Å². The van der Waals surface area contributed by atoms with E-state index in [-0.39, 0.29) is 11.2 Å². The van der Waals surface area contributed by atoms with E-state index in [1.165, 1.54) is 6.07 Å². The van der Waals surface area contributed by atoms with E-state index in [0.717, 1.165) is 28.5 Å². The molecular formula is C24H31FN6O. The lowest BCUT2D eigenvalue weighted by Crippen LogP contribution is -2.43. The van der Waals surface area contributed by atoms with Gasteiger partial charge in [0.25, 0.3) is 0 Å². The zero-order chi connectivity index (χ0) is 23.1. The Morgan fingerprint density at radius 1 is 1.12 bits per heavy atom. The van der Waals surface area contributed by atoms with Gasteiger partial charge in [-0.05, 0) is 42.3 Å². The Balaban J connectivity index is 1.73. The molecule has 0 aliphatic carbocycles. The second-order valence-corrected chi connectivity index (χ2v) is 8.34. The Morgan fingerprint density at radius 2 is 1.88 bits per heavy atom. The van der Waals surface area contributed by atoms with Crippen LogP contribution in [0.2, 0.25) is 0 Å². The van der Waals surface area contributed by atoms with E-state index in [9.17, 15) is 4.39 Å². The minimum atomic E-state index is -0.300. The average molecular weight is 439 g/mol. The summed E-state index contributed by atoms with van der Waals surface area (Å²) in [5, 5.41) is 15.0. The van der Waals surface area contributed by atoms with Gasteiger partial charge in [0, 0.05) is 19.0 Å². The topological polar surface area (TPSA) is 76.4 Å². The quantitative estimate of drug-likeness (QED) is 0.416. The maximum absolute atomic E-state index is 13.7. The number of methoxy groups -OCH3 is 1. The van der Waals surface area contributed by atoms with E-state index < -0.39 is 0 Å². The van der Waals surface area contributed by atoms with E-state index in [0.29, 0.717) is 25.6 Å². The fourth-order valence-electron chi connectivity index (χ4n) is 3.16. The van der Waals surface area contributed by atoms with Crippen molar-refractivity contribution >= 4 is 5.96 Å². The molecule has 3 rings (SSSR count). The Labute approximate surface area is 188 Å². The van der Waals surface area contributed by atoms with Crippen LogP contribution in [0.5, 0.6) is 5.75 Å². The van der Waals surface area contributed by atoms with Crippen LogP contribution in [-0.4, -0.2) is 34.4 Å².